The van der Waals surface area contributed by atoms with Gasteiger partial charge in [-0.2, -0.15) is 0 Å². The van der Waals surface area contributed by atoms with Gasteiger partial charge in [-0.15, -0.1) is 12.4 Å². The second kappa shape index (κ2) is 8.90. The highest BCUT2D eigenvalue weighted by molar-refractivity contribution is 5.90. The molecule has 0 aromatic heterocycles. The number of halogens is 1. The molecule has 1 amide bonds. The summed E-state index contributed by atoms with van der Waals surface area (Å²) in [6.07, 6.45) is 2.69. The van der Waals surface area contributed by atoms with Crippen LogP contribution in [0.3, 0.4) is 0 Å². The number of carbonyl (C=O) groups excluding carboxylic acids is 1. The summed E-state index contributed by atoms with van der Waals surface area (Å²) < 4.78 is 5.76. The Morgan fingerprint density at radius 1 is 1.17 bits per heavy atom. The van der Waals surface area contributed by atoms with Crippen molar-refractivity contribution in [3.63, 3.8) is 0 Å². The van der Waals surface area contributed by atoms with E-state index in [1.54, 1.807) is 0 Å². The minimum atomic E-state index is -0.227. The second-order valence-corrected chi connectivity index (χ2v) is 6.02. The van der Waals surface area contributed by atoms with E-state index in [4.69, 9.17) is 4.74 Å². The Labute approximate surface area is 149 Å². The van der Waals surface area contributed by atoms with Crippen molar-refractivity contribution in [2.45, 2.75) is 32.2 Å². The lowest BCUT2D eigenvalue weighted by Crippen LogP contribution is -2.47. The maximum absolute atomic E-state index is 12.7. The standard InChI is InChI=1S/C19H24N2O2.ClH/c1-2-14-21(16-10-12-20-13-11-16)19(22)23-18-9-5-7-15-6-3-4-8-17(15)18;/h3-9,16,20H,2,10-14H2,1H3;1H. The molecular formula is C19H25ClN2O2. The molecule has 0 spiro atoms. The van der Waals surface area contributed by atoms with Crippen molar-refractivity contribution in [2.24, 2.45) is 0 Å². The predicted molar refractivity (Wildman–Crippen MR) is 100 cm³/mol. The van der Waals surface area contributed by atoms with Gasteiger partial charge >= 0.3 is 6.09 Å². The number of amides is 1. The summed E-state index contributed by atoms with van der Waals surface area (Å²) in [5.74, 6) is 0.642. The lowest BCUT2D eigenvalue weighted by molar-refractivity contribution is 0.120. The van der Waals surface area contributed by atoms with Gasteiger partial charge in [-0.05, 0) is 43.8 Å². The van der Waals surface area contributed by atoms with Gasteiger partial charge in [-0.3, -0.25) is 0 Å². The number of rotatable bonds is 4. The van der Waals surface area contributed by atoms with Crippen LogP contribution in [0.25, 0.3) is 10.8 Å². The molecule has 0 atom stereocenters. The number of carbonyl (C=O) groups is 1. The number of hydrogen-bond acceptors (Lipinski definition) is 3. The fourth-order valence-corrected chi connectivity index (χ4v) is 3.22. The van der Waals surface area contributed by atoms with Crippen LogP contribution in [0.1, 0.15) is 26.2 Å². The molecule has 2 aromatic rings. The molecule has 24 heavy (non-hydrogen) atoms. The molecule has 0 aliphatic carbocycles. The summed E-state index contributed by atoms with van der Waals surface area (Å²) in [6.45, 7) is 4.77. The monoisotopic (exact) mass is 348 g/mol. The van der Waals surface area contributed by atoms with Crippen LogP contribution in [0.5, 0.6) is 5.75 Å². The summed E-state index contributed by atoms with van der Waals surface area (Å²) in [6, 6.07) is 14.1. The molecule has 3 rings (SSSR count). The number of hydrogen-bond donors (Lipinski definition) is 1. The number of piperidine rings is 1. The predicted octanol–water partition coefficient (Wildman–Crippen LogP) is 4.22. The maximum Gasteiger partial charge on any atom is 0.415 e. The van der Waals surface area contributed by atoms with Crippen LogP contribution in [0.15, 0.2) is 42.5 Å². The first-order valence-electron chi connectivity index (χ1n) is 8.46. The van der Waals surface area contributed by atoms with E-state index >= 15 is 0 Å². The highest BCUT2D eigenvalue weighted by Crippen LogP contribution is 2.26. The van der Waals surface area contributed by atoms with Gasteiger partial charge in [0.05, 0.1) is 0 Å². The Balaban J connectivity index is 0.00000208. The SMILES string of the molecule is CCCN(C(=O)Oc1cccc2ccccc12)C1CCNCC1.Cl. The van der Waals surface area contributed by atoms with E-state index in [0.29, 0.717) is 5.75 Å². The van der Waals surface area contributed by atoms with Crippen LogP contribution >= 0.6 is 12.4 Å². The van der Waals surface area contributed by atoms with Crippen molar-refractivity contribution in [1.29, 1.82) is 0 Å². The lowest BCUT2D eigenvalue weighted by atomic mass is 10.1. The molecule has 0 bridgehead atoms. The molecule has 130 valence electrons. The Morgan fingerprint density at radius 2 is 1.88 bits per heavy atom. The first kappa shape index (κ1) is 18.6. The highest BCUT2D eigenvalue weighted by atomic mass is 35.5. The second-order valence-electron chi connectivity index (χ2n) is 6.02. The van der Waals surface area contributed by atoms with Gasteiger partial charge in [0, 0.05) is 18.0 Å². The van der Waals surface area contributed by atoms with E-state index in [0.717, 1.165) is 49.7 Å². The molecular weight excluding hydrogens is 324 g/mol. The smallest absolute Gasteiger partial charge is 0.410 e. The van der Waals surface area contributed by atoms with E-state index in [9.17, 15) is 4.79 Å². The van der Waals surface area contributed by atoms with E-state index in [2.05, 4.69) is 12.2 Å². The quantitative estimate of drug-likeness (QED) is 0.899. The number of nitrogens with one attached hydrogen (secondary N) is 1. The molecule has 0 unspecified atom stereocenters. The Kier molecular flexibility index (Phi) is 6.88. The number of fused-ring (bicyclic) bond motifs is 1. The molecule has 5 heteroatoms. The van der Waals surface area contributed by atoms with Crippen molar-refractivity contribution < 1.29 is 9.53 Å². The average molecular weight is 349 g/mol. The average Bonchev–Trinajstić information content (AvgIpc) is 2.60. The van der Waals surface area contributed by atoms with E-state index in [1.165, 1.54) is 0 Å². The van der Waals surface area contributed by atoms with E-state index in [1.807, 2.05) is 47.4 Å². The molecule has 1 aliphatic rings. The van der Waals surface area contributed by atoms with Crippen LogP contribution in [-0.4, -0.2) is 36.7 Å². The van der Waals surface area contributed by atoms with Gasteiger partial charge in [-0.1, -0.05) is 43.3 Å². The first-order chi connectivity index (χ1) is 11.3. The zero-order valence-corrected chi connectivity index (χ0v) is 14.8. The molecule has 1 saturated heterocycles. The van der Waals surface area contributed by atoms with Gasteiger partial charge in [0.1, 0.15) is 5.75 Å². The van der Waals surface area contributed by atoms with Crippen molar-refractivity contribution in [3.8, 4) is 5.75 Å². The molecule has 1 N–H and O–H groups in total. The molecule has 0 saturated carbocycles. The molecule has 2 aromatic carbocycles. The van der Waals surface area contributed by atoms with Crippen LogP contribution < -0.4 is 10.1 Å². The maximum atomic E-state index is 12.7. The zero-order valence-electron chi connectivity index (χ0n) is 14.0. The summed E-state index contributed by atoms with van der Waals surface area (Å²) in [5, 5.41) is 5.41. The summed E-state index contributed by atoms with van der Waals surface area (Å²) in [4.78, 5) is 14.6. The molecule has 1 heterocycles. The highest BCUT2D eigenvalue weighted by Gasteiger charge is 2.26. The Hall–Kier alpha value is -1.78. The van der Waals surface area contributed by atoms with Gasteiger partial charge < -0.3 is 15.0 Å². The molecule has 4 nitrogen and oxygen atoms in total. The number of nitrogens with zero attached hydrogens (tertiary/aromatic N) is 1. The van der Waals surface area contributed by atoms with Crippen LogP contribution in [0.4, 0.5) is 4.79 Å². The van der Waals surface area contributed by atoms with E-state index in [-0.39, 0.29) is 24.5 Å². The third-order valence-electron chi connectivity index (χ3n) is 4.40. The fraction of sp³-hybridized carbons (Fsp3) is 0.421. The van der Waals surface area contributed by atoms with Gasteiger partial charge in [-0.25, -0.2) is 4.79 Å². The van der Waals surface area contributed by atoms with Crippen molar-refractivity contribution in [1.82, 2.24) is 10.2 Å². The summed E-state index contributed by atoms with van der Waals surface area (Å²) >= 11 is 0. The normalized spacial score (nSPS) is 14.9. The third kappa shape index (κ3) is 4.19. The van der Waals surface area contributed by atoms with Crippen LogP contribution in [-0.2, 0) is 0 Å². The number of benzene rings is 2. The van der Waals surface area contributed by atoms with Crippen molar-refractivity contribution >= 4 is 29.3 Å². The molecule has 1 aliphatic heterocycles. The Bertz CT molecular complexity index is 666. The van der Waals surface area contributed by atoms with Crippen LogP contribution in [0, 0.1) is 0 Å². The largest absolute Gasteiger partial charge is 0.415 e. The minimum absolute atomic E-state index is 0. The van der Waals surface area contributed by atoms with Crippen molar-refractivity contribution in [3.05, 3.63) is 42.5 Å². The summed E-state index contributed by atoms with van der Waals surface area (Å²) in [7, 11) is 0. The first-order valence-corrected chi connectivity index (χ1v) is 8.46. The number of ether oxygens (including phenoxy) is 1. The van der Waals surface area contributed by atoms with Gasteiger partial charge in [0.25, 0.3) is 0 Å². The van der Waals surface area contributed by atoms with Crippen molar-refractivity contribution in [2.75, 3.05) is 19.6 Å². The van der Waals surface area contributed by atoms with Crippen LogP contribution in [0.2, 0.25) is 0 Å². The molecule has 1 fully saturated rings. The minimum Gasteiger partial charge on any atom is -0.410 e. The topological polar surface area (TPSA) is 41.6 Å². The lowest BCUT2D eigenvalue weighted by Gasteiger charge is -2.33. The van der Waals surface area contributed by atoms with Gasteiger partial charge in [0.2, 0.25) is 0 Å². The van der Waals surface area contributed by atoms with Gasteiger partial charge in [0.15, 0.2) is 0 Å². The van der Waals surface area contributed by atoms with E-state index < -0.39 is 0 Å². The Morgan fingerprint density at radius 3 is 2.62 bits per heavy atom. The zero-order chi connectivity index (χ0) is 16.1. The third-order valence-corrected chi connectivity index (χ3v) is 4.40. The molecule has 0 radical (unpaired) electrons. The summed E-state index contributed by atoms with van der Waals surface area (Å²) in [5.41, 5.74) is 0. The fourth-order valence-electron chi connectivity index (χ4n) is 3.22.